The molecule has 0 bridgehead atoms. The highest BCUT2D eigenvalue weighted by Gasteiger charge is 2.38. The quantitative estimate of drug-likeness (QED) is 0.629. The first-order valence-electron chi connectivity index (χ1n) is 10.3. The van der Waals surface area contributed by atoms with Gasteiger partial charge in [-0.3, -0.25) is 14.5 Å². The number of rotatable bonds is 6. The summed E-state index contributed by atoms with van der Waals surface area (Å²) in [5.74, 6) is -0.0720. The standard InChI is InChI=1S/C24H26N2O4/c1-16-11-12-19(17(2)15-16)26(24(28)21-10-6-14-30-21)22(20-9-5-13-29-20)23(27)25-18-7-3-4-8-18/h5-6,9-15,18,22H,3-4,7-8H2,1-2H3,(H,25,27)/t22-/m1/s1. The zero-order valence-electron chi connectivity index (χ0n) is 17.3. The Bertz CT molecular complexity index is 1000. The van der Waals surface area contributed by atoms with E-state index in [9.17, 15) is 9.59 Å². The summed E-state index contributed by atoms with van der Waals surface area (Å²) in [7, 11) is 0. The number of carbonyl (C=O) groups is 2. The van der Waals surface area contributed by atoms with Gasteiger partial charge in [0.2, 0.25) is 0 Å². The van der Waals surface area contributed by atoms with E-state index in [1.807, 2.05) is 32.0 Å². The fourth-order valence-corrected chi connectivity index (χ4v) is 4.13. The summed E-state index contributed by atoms with van der Waals surface area (Å²) in [4.78, 5) is 28.5. The molecule has 1 fully saturated rings. The average molecular weight is 406 g/mol. The molecule has 1 aromatic carbocycles. The van der Waals surface area contributed by atoms with Gasteiger partial charge in [0, 0.05) is 11.7 Å². The van der Waals surface area contributed by atoms with Crippen LogP contribution in [0.25, 0.3) is 0 Å². The minimum Gasteiger partial charge on any atom is -0.467 e. The molecule has 1 saturated carbocycles. The first-order chi connectivity index (χ1) is 14.5. The van der Waals surface area contributed by atoms with Crippen molar-refractivity contribution >= 4 is 17.5 Å². The number of anilines is 1. The molecular weight excluding hydrogens is 380 g/mol. The van der Waals surface area contributed by atoms with Crippen LogP contribution in [0, 0.1) is 13.8 Å². The summed E-state index contributed by atoms with van der Waals surface area (Å²) in [5, 5.41) is 3.13. The van der Waals surface area contributed by atoms with Crippen molar-refractivity contribution in [2.75, 3.05) is 4.90 Å². The smallest absolute Gasteiger partial charge is 0.295 e. The molecule has 1 aliphatic rings. The summed E-state index contributed by atoms with van der Waals surface area (Å²) >= 11 is 0. The van der Waals surface area contributed by atoms with Gasteiger partial charge in [0.05, 0.1) is 12.5 Å². The van der Waals surface area contributed by atoms with Crippen LogP contribution >= 0.6 is 0 Å². The predicted octanol–water partition coefficient (Wildman–Crippen LogP) is 4.94. The Morgan fingerprint density at radius 3 is 2.40 bits per heavy atom. The lowest BCUT2D eigenvalue weighted by Gasteiger charge is -2.31. The highest BCUT2D eigenvalue weighted by Crippen LogP contribution is 2.33. The molecular formula is C24H26N2O4. The molecule has 0 radical (unpaired) electrons. The van der Waals surface area contributed by atoms with Crippen molar-refractivity contribution in [3.8, 4) is 0 Å². The third-order valence-electron chi connectivity index (χ3n) is 5.58. The molecule has 2 aromatic heterocycles. The molecule has 0 unspecified atom stereocenters. The maximum Gasteiger partial charge on any atom is 0.295 e. The Kier molecular flexibility index (Phi) is 5.74. The van der Waals surface area contributed by atoms with Gasteiger partial charge in [0.15, 0.2) is 11.8 Å². The van der Waals surface area contributed by atoms with E-state index in [-0.39, 0.29) is 17.7 Å². The van der Waals surface area contributed by atoms with E-state index in [0.717, 1.165) is 36.8 Å². The van der Waals surface area contributed by atoms with Crippen molar-refractivity contribution in [3.63, 3.8) is 0 Å². The van der Waals surface area contributed by atoms with E-state index in [2.05, 4.69) is 5.32 Å². The molecule has 1 aliphatic carbocycles. The van der Waals surface area contributed by atoms with E-state index in [1.54, 1.807) is 24.3 Å². The van der Waals surface area contributed by atoms with Gasteiger partial charge in [-0.15, -0.1) is 0 Å². The van der Waals surface area contributed by atoms with E-state index >= 15 is 0 Å². The number of carbonyl (C=O) groups excluding carboxylic acids is 2. The average Bonchev–Trinajstić information content (AvgIpc) is 3.49. The second kappa shape index (κ2) is 8.61. The van der Waals surface area contributed by atoms with E-state index in [4.69, 9.17) is 8.83 Å². The summed E-state index contributed by atoms with van der Waals surface area (Å²) in [6.45, 7) is 3.92. The fraction of sp³-hybridized carbons (Fsp3) is 0.333. The third-order valence-corrected chi connectivity index (χ3v) is 5.58. The van der Waals surface area contributed by atoms with E-state index < -0.39 is 11.9 Å². The fourth-order valence-electron chi connectivity index (χ4n) is 4.13. The minimum atomic E-state index is -0.945. The molecule has 6 heteroatoms. The number of aryl methyl sites for hydroxylation is 2. The summed E-state index contributed by atoms with van der Waals surface area (Å²) < 4.78 is 11.0. The second-order valence-corrected chi connectivity index (χ2v) is 7.85. The van der Waals surface area contributed by atoms with Crippen LogP contribution in [0.2, 0.25) is 0 Å². The molecule has 30 heavy (non-hydrogen) atoms. The van der Waals surface area contributed by atoms with Crippen LogP contribution in [-0.2, 0) is 4.79 Å². The largest absolute Gasteiger partial charge is 0.467 e. The number of benzene rings is 1. The van der Waals surface area contributed by atoms with Gasteiger partial charge in [0.1, 0.15) is 5.76 Å². The molecule has 6 nitrogen and oxygen atoms in total. The van der Waals surface area contributed by atoms with Crippen molar-refractivity contribution in [3.05, 3.63) is 77.6 Å². The van der Waals surface area contributed by atoms with Crippen LogP contribution in [0.3, 0.4) is 0 Å². The molecule has 1 N–H and O–H groups in total. The van der Waals surface area contributed by atoms with Crippen molar-refractivity contribution in [1.29, 1.82) is 0 Å². The van der Waals surface area contributed by atoms with Gasteiger partial charge >= 0.3 is 0 Å². The van der Waals surface area contributed by atoms with Gasteiger partial charge in [-0.1, -0.05) is 30.5 Å². The zero-order valence-corrected chi connectivity index (χ0v) is 17.3. The number of hydrogen-bond donors (Lipinski definition) is 1. The second-order valence-electron chi connectivity index (χ2n) is 7.85. The Hall–Kier alpha value is -3.28. The molecule has 156 valence electrons. The topological polar surface area (TPSA) is 75.7 Å². The maximum atomic E-state index is 13.5. The monoisotopic (exact) mass is 406 g/mol. The highest BCUT2D eigenvalue weighted by molar-refractivity contribution is 6.09. The van der Waals surface area contributed by atoms with Crippen LogP contribution in [0.15, 0.2) is 63.8 Å². The first-order valence-corrected chi connectivity index (χ1v) is 10.3. The van der Waals surface area contributed by atoms with Crippen molar-refractivity contribution in [2.45, 2.75) is 51.6 Å². The SMILES string of the molecule is Cc1ccc(N(C(=O)c2ccco2)[C@@H](C(=O)NC2CCCC2)c2ccco2)c(C)c1. The van der Waals surface area contributed by atoms with Crippen LogP contribution < -0.4 is 10.2 Å². The Morgan fingerprint density at radius 1 is 1.03 bits per heavy atom. The summed E-state index contributed by atoms with van der Waals surface area (Å²) in [5.41, 5.74) is 2.61. The van der Waals surface area contributed by atoms with E-state index in [1.165, 1.54) is 17.4 Å². The van der Waals surface area contributed by atoms with Gasteiger partial charge in [-0.05, 0) is 62.6 Å². The highest BCUT2D eigenvalue weighted by atomic mass is 16.3. The molecule has 2 amide bonds. The van der Waals surface area contributed by atoms with Gasteiger partial charge in [-0.25, -0.2) is 0 Å². The van der Waals surface area contributed by atoms with Crippen molar-refractivity contribution < 1.29 is 18.4 Å². The molecule has 3 aromatic rings. The summed E-state index contributed by atoms with van der Waals surface area (Å²) in [6.07, 6.45) is 7.07. The van der Waals surface area contributed by atoms with E-state index in [0.29, 0.717) is 11.4 Å². The number of amides is 2. The number of hydrogen-bond acceptors (Lipinski definition) is 4. The Labute approximate surface area is 175 Å². The number of nitrogens with zero attached hydrogens (tertiary/aromatic N) is 1. The number of furan rings is 2. The molecule has 0 aliphatic heterocycles. The van der Waals surface area contributed by atoms with Gasteiger partial charge in [-0.2, -0.15) is 0 Å². The van der Waals surface area contributed by atoms with Crippen LogP contribution in [0.4, 0.5) is 5.69 Å². The molecule has 0 saturated heterocycles. The minimum absolute atomic E-state index is 0.120. The lowest BCUT2D eigenvalue weighted by molar-refractivity contribution is -0.123. The molecule has 4 rings (SSSR count). The lowest BCUT2D eigenvalue weighted by Crippen LogP contribution is -2.46. The van der Waals surface area contributed by atoms with Gasteiger partial charge in [0.25, 0.3) is 11.8 Å². The molecule has 1 atom stereocenters. The van der Waals surface area contributed by atoms with Gasteiger partial charge < -0.3 is 14.2 Å². The molecule has 0 spiro atoms. The lowest BCUT2D eigenvalue weighted by atomic mass is 10.0. The van der Waals surface area contributed by atoms with Crippen LogP contribution in [-0.4, -0.2) is 17.9 Å². The van der Waals surface area contributed by atoms with Crippen LogP contribution in [0.5, 0.6) is 0 Å². The zero-order chi connectivity index (χ0) is 21.1. The third kappa shape index (κ3) is 4.03. The summed E-state index contributed by atoms with van der Waals surface area (Å²) in [6, 6.07) is 11.7. The van der Waals surface area contributed by atoms with Crippen molar-refractivity contribution in [2.24, 2.45) is 0 Å². The predicted molar refractivity (Wildman–Crippen MR) is 113 cm³/mol. The normalized spacial score (nSPS) is 15.1. The maximum absolute atomic E-state index is 13.5. The molecule has 2 heterocycles. The van der Waals surface area contributed by atoms with Crippen molar-refractivity contribution in [1.82, 2.24) is 5.32 Å². The first kappa shape index (κ1) is 20.0. The Balaban J connectivity index is 1.80. The Morgan fingerprint density at radius 2 is 1.77 bits per heavy atom. The number of nitrogens with one attached hydrogen (secondary N) is 1. The van der Waals surface area contributed by atoms with Crippen LogP contribution in [0.1, 0.15) is 59.2 Å².